The Morgan fingerprint density at radius 2 is 1.05 bits per heavy atom. The highest BCUT2D eigenvalue weighted by Crippen LogP contribution is 2.43. The van der Waals surface area contributed by atoms with Crippen LogP contribution >= 0.6 is 0 Å². The lowest BCUT2D eigenvalue weighted by molar-refractivity contribution is 0.671. The van der Waals surface area contributed by atoms with Crippen LogP contribution < -0.4 is 5.32 Å². The number of furan rings is 1. The number of anilines is 2. The van der Waals surface area contributed by atoms with E-state index < -0.39 is 0 Å². The predicted molar refractivity (Wildman–Crippen MR) is 169 cm³/mol. The highest BCUT2D eigenvalue weighted by Gasteiger charge is 2.18. The van der Waals surface area contributed by atoms with Crippen molar-refractivity contribution in [1.82, 2.24) is 0 Å². The van der Waals surface area contributed by atoms with E-state index in [0.29, 0.717) is 0 Å². The first kappa shape index (κ1) is 22.6. The van der Waals surface area contributed by atoms with Crippen molar-refractivity contribution in [2.45, 2.75) is 0 Å². The zero-order valence-corrected chi connectivity index (χ0v) is 21.8. The summed E-state index contributed by atoms with van der Waals surface area (Å²) in [4.78, 5) is 0. The molecular weight excluding hydrogens is 486 g/mol. The molecule has 7 aromatic carbocycles. The molecule has 1 N–H and O–H groups in total. The smallest absolute Gasteiger partial charge is 0.159 e. The summed E-state index contributed by atoms with van der Waals surface area (Å²) in [7, 11) is 0. The van der Waals surface area contributed by atoms with Gasteiger partial charge in [0.15, 0.2) is 5.58 Å². The van der Waals surface area contributed by atoms with Crippen LogP contribution in [0.1, 0.15) is 0 Å². The van der Waals surface area contributed by atoms with Gasteiger partial charge in [-0.2, -0.15) is 0 Å². The summed E-state index contributed by atoms with van der Waals surface area (Å²) in [5.41, 5.74) is 8.44. The molecule has 0 aliphatic heterocycles. The molecule has 188 valence electrons. The molecule has 0 fully saturated rings. The lowest BCUT2D eigenvalue weighted by Crippen LogP contribution is -1.92. The molecule has 0 aliphatic rings. The first-order valence-electron chi connectivity index (χ1n) is 13.6. The molecule has 0 aliphatic carbocycles. The topological polar surface area (TPSA) is 25.2 Å². The van der Waals surface area contributed by atoms with Gasteiger partial charge in [0.05, 0.1) is 5.69 Å². The Morgan fingerprint density at radius 3 is 1.90 bits per heavy atom. The molecule has 8 aromatic rings. The minimum Gasteiger partial charge on any atom is -0.453 e. The molecule has 0 radical (unpaired) electrons. The second kappa shape index (κ2) is 9.14. The van der Waals surface area contributed by atoms with Crippen LogP contribution in [0, 0.1) is 0 Å². The second-order valence-corrected chi connectivity index (χ2v) is 10.2. The van der Waals surface area contributed by atoms with Crippen molar-refractivity contribution in [2.75, 3.05) is 5.32 Å². The third kappa shape index (κ3) is 3.65. The minimum atomic E-state index is 0.871. The highest BCUT2D eigenvalue weighted by molar-refractivity contribution is 6.24. The number of para-hydroxylation sites is 1. The first-order chi connectivity index (χ1) is 19.8. The third-order valence-electron chi connectivity index (χ3n) is 7.84. The lowest BCUT2D eigenvalue weighted by Gasteiger charge is -2.11. The summed E-state index contributed by atoms with van der Waals surface area (Å²) in [6.07, 6.45) is 0. The molecule has 0 saturated heterocycles. The molecule has 40 heavy (non-hydrogen) atoms. The van der Waals surface area contributed by atoms with Gasteiger partial charge in [-0.25, -0.2) is 0 Å². The zero-order valence-electron chi connectivity index (χ0n) is 21.8. The minimum absolute atomic E-state index is 0.871. The van der Waals surface area contributed by atoms with E-state index in [-0.39, 0.29) is 0 Å². The molecule has 1 aromatic heterocycles. The van der Waals surface area contributed by atoms with Crippen molar-refractivity contribution in [3.8, 4) is 22.3 Å². The van der Waals surface area contributed by atoms with Gasteiger partial charge in [-0.15, -0.1) is 0 Å². The summed E-state index contributed by atoms with van der Waals surface area (Å²) in [6.45, 7) is 0. The second-order valence-electron chi connectivity index (χ2n) is 10.2. The largest absolute Gasteiger partial charge is 0.453 e. The monoisotopic (exact) mass is 511 g/mol. The maximum atomic E-state index is 6.73. The maximum absolute atomic E-state index is 6.73. The van der Waals surface area contributed by atoms with E-state index in [0.717, 1.165) is 44.4 Å². The average molecular weight is 512 g/mol. The Bertz CT molecular complexity index is 2170. The summed E-state index contributed by atoms with van der Waals surface area (Å²) in [6, 6.07) is 51.3. The molecule has 2 heteroatoms. The first-order valence-corrected chi connectivity index (χ1v) is 13.6. The fourth-order valence-corrected chi connectivity index (χ4v) is 5.95. The van der Waals surface area contributed by atoms with Gasteiger partial charge in [0.2, 0.25) is 0 Å². The fraction of sp³-hybridized carbons (Fsp3) is 0. The number of rotatable bonds is 4. The number of benzene rings is 7. The van der Waals surface area contributed by atoms with Gasteiger partial charge in [-0.1, -0.05) is 127 Å². The van der Waals surface area contributed by atoms with E-state index in [2.05, 4.69) is 145 Å². The number of hydrogen-bond acceptors (Lipinski definition) is 2. The SMILES string of the molecule is c1ccc(-c2cccc3c2oc2c(Nc4ccc(-c5cccc6ccccc56)cc4)cc4ccccc4c23)cc1. The van der Waals surface area contributed by atoms with E-state index in [1.807, 2.05) is 6.07 Å². The molecule has 8 rings (SSSR count). The zero-order chi connectivity index (χ0) is 26.5. The molecule has 0 atom stereocenters. The maximum Gasteiger partial charge on any atom is 0.159 e. The Labute approximate surface area is 232 Å². The molecule has 0 saturated carbocycles. The van der Waals surface area contributed by atoms with Crippen LogP contribution in [0.15, 0.2) is 150 Å². The van der Waals surface area contributed by atoms with E-state index >= 15 is 0 Å². The number of fused-ring (bicyclic) bond motifs is 6. The van der Waals surface area contributed by atoms with Gasteiger partial charge in [-0.3, -0.25) is 0 Å². The normalized spacial score (nSPS) is 11.5. The van der Waals surface area contributed by atoms with Crippen molar-refractivity contribution in [3.63, 3.8) is 0 Å². The van der Waals surface area contributed by atoms with E-state index in [9.17, 15) is 0 Å². The Balaban J connectivity index is 1.27. The summed E-state index contributed by atoms with van der Waals surface area (Å²) in [5, 5.41) is 10.8. The molecule has 0 spiro atoms. The molecule has 1 heterocycles. The van der Waals surface area contributed by atoms with Crippen molar-refractivity contribution < 1.29 is 4.42 Å². The van der Waals surface area contributed by atoms with Crippen LogP contribution in [-0.2, 0) is 0 Å². The quantitative estimate of drug-likeness (QED) is 0.254. The molecule has 0 bridgehead atoms. The fourth-order valence-electron chi connectivity index (χ4n) is 5.95. The van der Waals surface area contributed by atoms with Gasteiger partial charge >= 0.3 is 0 Å². The van der Waals surface area contributed by atoms with Crippen LogP contribution in [0.5, 0.6) is 0 Å². The third-order valence-corrected chi connectivity index (χ3v) is 7.84. The summed E-state index contributed by atoms with van der Waals surface area (Å²) < 4.78 is 6.73. The van der Waals surface area contributed by atoms with Crippen LogP contribution in [0.25, 0.3) is 65.7 Å². The lowest BCUT2D eigenvalue weighted by atomic mass is 9.98. The van der Waals surface area contributed by atoms with Crippen LogP contribution in [-0.4, -0.2) is 0 Å². The van der Waals surface area contributed by atoms with Gasteiger partial charge in [0.1, 0.15) is 5.58 Å². The van der Waals surface area contributed by atoms with Gasteiger partial charge < -0.3 is 9.73 Å². The van der Waals surface area contributed by atoms with Crippen molar-refractivity contribution >= 4 is 54.9 Å². The Kier molecular flexibility index (Phi) is 5.17. The number of hydrogen-bond donors (Lipinski definition) is 1. The summed E-state index contributed by atoms with van der Waals surface area (Å²) >= 11 is 0. The molecular formula is C38H25NO. The highest BCUT2D eigenvalue weighted by atomic mass is 16.3. The Hall–Kier alpha value is -5.34. The van der Waals surface area contributed by atoms with Gasteiger partial charge in [-0.05, 0) is 56.4 Å². The van der Waals surface area contributed by atoms with Crippen LogP contribution in [0.2, 0.25) is 0 Å². The van der Waals surface area contributed by atoms with Crippen molar-refractivity contribution in [2.24, 2.45) is 0 Å². The van der Waals surface area contributed by atoms with Crippen LogP contribution in [0.4, 0.5) is 11.4 Å². The standard InChI is InChI=1S/C38H25NO/c1-2-10-26(11-3-1)33-18-9-19-34-36-32-16-7-5-13-28(32)24-35(38(36)40-37(33)34)39-29-22-20-27(21-23-29)31-17-8-14-25-12-4-6-15-30(25)31/h1-24,39H. The van der Waals surface area contributed by atoms with E-state index in [1.54, 1.807) is 0 Å². The van der Waals surface area contributed by atoms with Crippen molar-refractivity contribution in [3.05, 3.63) is 146 Å². The van der Waals surface area contributed by atoms with Gasteiger partial charge in [0, 0.05) is 22.0 Å². The van der Waals surface area contributed by atoms with Gasteiger partial charge in [0.25, 0.3) is 0 Å². The Morgan fingerprint density at radius 1 is 0.425 bits per heavy atom. The number of nitrogens with one attached hydrogen (secondary N) is 1. The molecule has 2 nitrogen and oxygen atoms in total. The molecule has 0 unspecified atom stereocenters. The average Bonchev–Trinajstić information content (AvgIpc) is 3.42. The molecule has 0 amide bonds. The van der Waals surface area contributed by atoms with E-state index in [1.165, 1.54) is 32.7 Å². The summed E-state index contributed by atoms with van der Waals surface area (Å²) in [5.74, 6) is 0. The van der Waals surface area contributed by atoms with Crippen molar-refractivity contribution in [1.29, 1.82) is 0 Å². The predicted octanol–water partition coefficient (Wildman–Crippen LogP) is 11.0. The van der Waals surface area contributed by atoms with Crippen LogP contribution in [0.3, 0.4) is 0 Å². The van der Waals surface area contributed by atoms with E-state index in [4.69, 9.17) is 4.42 Å².